The van der Waals surface area contributed by atoms with Crippen LogP contribution in [0.3, 0.4) is 0 Å². The van der Waals surface area contributed by atoms with Crippen LogP contribution >= 0.6 is 34.7 Å². The fourth-order valence-electron chi connectivity index (χ4n) is 2.54. The SMILES string of the molecule is COc1ccc(-c2csc(NC(=O)CSc3nc4ccc(Cl)cc4[nH]3)n2)cc1. The Labute approximate surface area is 174 Å². The van der Waals surface area contributed by atoms with Crippen molar-refractivity contribution in [2.24, 2.45) is 0 Å². The minimum absolute atomic E-state index is 0.140. The molecule has 142 valence electrons. The molecule has 4 rings (SSSR count). The Kier molecular flexibility index (Phi) is 5.52. The van der Waals surface area contributed by atoms with Crippen LogP contribution in [-0.2, 0) is 4.79 Å². The van der Waals surface area contributed by atoms with Gasteiger partial charge in [0.1, 0.15) is 5.75 Å². The molecule has 0 aliphatic heterocycles. The zero-order chi connectivity index (χ0) is 19.5. The number of thiazole rings is 1. The highest BCUT2D eigenvalue weighted by Crippen LogP contribution is 2.27. The second kappa shape index (κ2) is 8.22. The molecule has 1 amide bonds. The summed E-state index contributed by atoms with van der Waals surface area (Å²) in [7, 11) is 1.63. The van der Waals surface area contributed by atoms with E-state index in [1.807, 2.05) is 41.8 Å². The average molecular weight is 431 g/mol. The first kappa shape index (κ1) is 18.8. The number of H-pyrrole nitrogens is 1. The van der Waals surface area contributed by atoms with Crippen LogP contribution < -0.4 is 10.1 Å². The van der Waals surface area contributed by atoms with Gasteiger partial charge in [-0.3, -0.25) is 4.79 Å². The molecular formula is C19H15ClN4O2S2. The van der Waals surface area contributed by atoms with Gasteiger partial charge in [0.25, 0.3) is 0 Å². The van der Waals surface area contributed by atoms with E-state index in [2.05, 4.69) is 20.3 Å². The Bertz CT molecular complexity index is 1120. The van der Waals surface area contributed by atoms with E-state index in [1.54, 1.807) is 13.2 Å². The first-order valence-corrected chi connectivity index (χ1v) is 10.5. The fourth-order valence-corrected chi connectivity index (χ4v) is 4.13. The van der Waals surface area contributed by atoms with Gasteiger partial charge in [0.15, 0.2) is 10.3 Å². The Hall–Kier alpha value is -2.55. The largest absolute Gasteiger partial charge is 0.497 e. The van der Waals surface area contributed by atoms with Crippen LogP contribution in [0.5, 0.6) is 5.75 Å². The van der Waals surface area contributed by atoms with E-state index in [-0.39, 0.29) is 11.7 Å². The molecule has 0 saturated carbocycles. The average Bonchev–Trinajstić information content (AvgIpc) is 3.32. The number of carbonyl (C=O) groups excluding carboxylic acids is 1. The molecule has 4 aromatic rings. The molecule has 0 aliphatic carbocycles. The van der Waals surface area contributed by atoms with Gasteiger partial charge >= 0.3 is 0 Å². The summed E-state index contributed by atoms with van der Waals surface area (Å²) in [6.45, 7) is 0. The minimum Gasteiger partial charge on any atom is -0.497 e. The zero-order valence-corrected chi connectivity index (χ0v) is 17.1. The number of imidazole rings is 1. The maximum absolute atomic E-state index is 12.2. The number of nitrogens with zero attached hydrogens (tertiary/aromatic N) is 2. The number of nitrogens with one attached hydrogen (secondary N) is 2. The summed E-state index contributed by atoms with van der Waals surface area (Å²) >= 11 is 8.69. The molecule has 0 spiro atoms. The van der Waals surface area contributed by atoms with Gasteiger partial charge < -0.3 is 15.0 Å². The van der Waals surface area contributed by atoms with E-state index < -0.39 is 0 Å². The number of methoxy groups -OCH3 is 1. The molecule has 2 N–H and O–H groups in total. The molecule has 0 atom stereocenters. The Morgan fingerprint density at radius 1 is 1.25 bits per heavy atom. The number of thioether (sulfide) groups is 1. The highest BCUT2D eigenvalue weighted by Gasteiger charge is 2.11. The third-order valence-corrected chi connectivity index (χ3v) is 5.76. The van der Waals surface area contributed by atoms with Crippen molar-refractivity contribution in [3.8, 4) is 17.0 Å². The van der Waals surface area contributed by atoms with Crippen molar-refractivity contribution in [1.82, 2.24) is 15.0 Å². The van der Waals surface area contributed by atoms with Gasteiger partial charge in [-0.2, -0.15) is 0 Å². The van der Waals surface area contributed by atoms with Crippen LogP contribution in [0, 0.1) is 0 Å². The highest BCUT2D eigenvalue weighted by atomic mass is 35.5. The maximum Gasteiger partial charge on any atom is 0.236 e. The van der Waals surface area contributed by atoms with E-state index in [9.17, 15) is 4.79 Å². The quantitative estimate of drug-likeness (QED) is 0.417. The summed E-state index contributed by atoms with van der Waals surface area (Å²) in [6.07, 6.45) is 0. The summed E-state index contributed by atoms with van der Waals surface area (Å²) in [4.78, 5) is 24.3. The number of hydrogen-bond acceptors (Lipinski definition) is 6. The number of aromatic amines is 1. The van der Waals surface area contributed by atoms with Gasteiger partial charge in [0.2, 0.25) is 5.91 Å². The van der Waals surface area contributed by atoms with Gasteiger partial charge in [-0.1, -0.05) is 23.4 Å². The molecule has 0 unspecified atom stereocenters. The number of hydrogen-bond donors (Lipinski definition) is 2. The number of amides is 1. The lowest BCUT2D eigenvalue weighted by Gasteiger charge is -2.01. The predicted molar refractivity (Wildman–Crippen MR) is 115 cm³/mol. The van der Waals surface area contributed by atoms with Gasteiger partial charge in [-0.25, -0.2) is 9.97 Å². The van der Waals surface area contributed by atoms with Gasteiger partial charge in [-0.05, 0) is 42.5 Å². The monoisotopic (exact) mass is 430 g/mol. The lowest BCUT2D eigenvalue weighted by molar-refractivity contribution is -0.113. The highest BCUT2D eigenvalue weighted by molar-refractivity contribution is 7.99. The zero-order valence-electron chi connectivity index (χ0n) is 14.7. The van der Waals surface area contributed by atoms with Crippen molar-refractivity contribution in [2.45, 2.75) is 5.16 Å². The Morgan fingerprint density at radius 2 is 2.07 bits per heavy atom. The number of benzene rings is 2. The number of carbonyl (C=O) groups is 1. The second-order valence-electron chi connectivity index (χ2n) is 5.81. The Balaban J connectivity index is 1.36. The summed E-state index contributed by atoms with van der Waals surface area (Å²) in [5, 5.41) is 6.61. The van der Waals surface area contributed by atoms with Crippen molar-refractivity contribution in [1.29, 1.82) is 0 Å². The number of aromatic nitrogens is 3. The number of halogens is 1. The summed E-state index contributed by atoms with van der Waals surface area (Å²) in [5.74, 6) is 0.877. The number of fused-ring (bicyclic) bond motifs is 1. The van der Waals surface area contributed by atoms with Crippen LogP contribution in [0.25, 0.3) is 22.3 Å². The van der Waals surface area contributed by atoms with Crippen LogP contribution in [-0.4, -0.2) is 33.7 Å². The third-order valence-electron chi connectivity index (χ3n) is 3.90. The van der Waals surface area contributed by atoms with E-state index in [4.69, 9.17) is 16.3 Å². The first-order valence-electron chi connectivity index (χ1n) is 8.28. The predicted octanol–water partition coefficient (Wildman–Crippen LogP) is 5.08. The van der Waals surface area contributed by atoms with Crippen molar-refractivity contribution < 1.29 is 9.53 Å². The van der Waals surface area contributed by atoms with Crippen molar-refractivity contribution in [3.05, 3.63) is 52.9 Å². The standard InChI is InChI=1S/C19H15ClN4O2S2/c1-26-13-5-2-11(3-6-13)16-9-27-19(23-16)24-17(25)10-28-18-21-14-7-4-12(20)8-15(14)22-18/h2-9H,10H2,1H3,(H,21,22)(H,23,24,25). The van der Waals surface area contributed by atoms with Crippen molar-refractivity contribution in [2.75, 3.05) is 18.2 Å². The molecule has 2 heterocycles. The number of anilines is 1. The molecule has 0 fully saturated rings. The van der Waals surface area contributed by atoms with Gasteiger partial charge in [-0.15, -0.1) is 11.3 Å². The van der Waals surface area contributed by atoms with Crippen LogP contribution in [0.15, 0.2) is 53.0 Å². The molecule has 2 aromatic heterocycles. The third kappa shape index (κ3) is 4.30. The number of ether oxygens (including phenoxy) is 1. The van der Waals surface area contributed by atoms with E-state index in [0.717, 1.165) is 28.0 Å². The normalized spacial score (nSPS) is 10.9. The minimum atomic E-state index is -0.140. The fraction of sp³-hybridized carbons (Fsp3) is 0.105. The molecule has 0 bridgehead atoms. The molecular weight excluding hydrogens is 416 g/mol. The van der Waals surface area contributed by atoms with E-state index >= 15 is 0 Å². The summed E-state index contributed by atoms with van der Waals surface area (Å²) < 4.78 is 5.16. The van der Waals surface area contributed by atoms with E-state index in [1.165, 1.54) is 23.1 Å². The second-order valence-corrected chi connectivity index (χ2v) is 8.07. The van der Waals surface area contributed by atoms with Crippen LogP contribution in [0.1, 0.15) is 0 Å². The molecule has 0 radical (unpaired) electrons. The topological polar surface area (TPSA) is 79.9 Å². The smallest absolute Gasteiger partial charge is 0.236 e. The van der Waals surface area contributed by atoms with Gasteiger partial charge in [0, 0.05) is 16.0 Å². The maximum atomic E-state index is 12.2. The van der Waals surface area contributed by atoms with E-state index in [0.29, 0.717) is 15.3 Å². The van der Waals surface area contributed by atoms with Gasteiger partial charge in [0.05, 0.1) is 29.6 Å². The molecule has 0 saturated heterocycles. The molecule has 2 aromatic carbocycles. The van der Waals surface area contributed by atoms with Crippen LogP contribution in [0.2, 0.25) is 5.02 Å². The summed E-state index contributed by atoms with van der Waals surface area (Å²) in [6, 6.07) is 13.1. The van der Waals surface area contributed by atoms with Crippen LogP contribution in [0.4, 0.5) is 5.13 Å². The first-order chi connectivity index (χ1) is 13.6. The molecule has 0 aliphatic rings. The molecule has 28 heavy (non-hydrogen) atoms. The molecule has 9 heteroatoms. The summed E-state index contributed by atoms with van der Waals surface area (Å²) in [5.41, 5.74) is 3.44. The Morgan fingerprint density at radius 3 is 2.86 bits per heavy atom. The number of rotatable bonds is 6. The molecule has 6 nitrogen and oxygen atoms in total. The van der Waals surface area contributed by atoms with Crippen molar-refractivity contribution in [3.63, 3.8) is 0 Å². The lowest BCUT2D eigenvalue weighted by Crippen LogP contribution is -2.13. The lowest BCUT2D eigenvalue weighted by atomic mass is 10.2. The van der Waals surface area contributed by atoms with Crippen molar-refractivity contribution >= 4 is 56.8 Å².